The lowest BCUT2D eigenvalue weighted by molar-refractivity contribution is 0.128. The van der Waals surface area contributed by atoms with E-state index in [9.17, 15) is 0 Å². The van der Waals surface area contributed by atoms with E-state index in [1.165, 1.54) is 26.1 Å². The molecule has 0 aliphatic carbocycles. The van der Waals surface area contributed by atoms with E-state index in [2.05, 4.69) is 49.7 Å². The molecule has 0 amide bonds. The minimum absolute atomic E-state index is 0.658. The van der Waals surface area contributed by atoms with Crippen molar-refractivity contribution in [2.24, 2.45) is 0 Å². The topological polar surface area (TPSA) is 18.5 Å². The van der Waals surface area contributed by atoms with Crippen molar-refractivity contribution in [3.05, 3.63) is 0 Å². The molecule has 0 aromatic carbocycles. The molecule has 1 fully saturated rings. The van der Waals surface area contributed by atoms with Crippen LogP contribution in [0.15, 0.2) is 0 Å². The lowest BCUT2D eigenvalue weighted by Crippen LogP contribution is -2.48. The van der Waals surface area contributed by atoms with Crippen molar-refractivity contribution in [2.75, 3.05) is 32.7 Å². The molecule has 1 rings (SSSR count). The summed E-state index contributed by atoms with van der Waals surface area (Å²) in [7, 11) is 0. The smallest absolute Gasteiger partial charge is 0.0110 e. The van der Waals surface area contributed by atoms with Gasteiger partial charge in [0.05, 0.1) is 0 Å². The van der Waals surface area contributed by atoms with Crippen molar-refractivity contribution in [3.63, 3.8) is 0 Å². The van der Waals surface area contributed by atoms with Crippen molar-refractivity contribution in [2.45, 2.75) is 59.2 Å². The van der Waals surface area contributed by atoms with Crippen LogP contribution >= 0.6 is 0 Å². The second kappa shape index (κ2) is 7.34. The molecule has 1 N–H and O–H groups in total. The van der Waals surface area contributed by atoms with Gasteiger partial charge in [-0.3, -0.25) is 9.80 Å². The van der Waals surface area contributed by atoms with Gasteiger partial charge in [-0.25, -0.2) is 0 Å². The first-order valence-corrected chi connectivity index (χ1v) is 7.23. The highest BCUT2D eigenvalue weighted by Crippen LogP contribution is 2.10. The summed E-state index contributed by atoms with van der Waals surface area (Å²) in [6.45, 7) is 17.5. The number of rotatable bonds is 6. The SMILES string of the molecule is CC(CCN(C(C)C)C(C)C)N1CCNCC1. The summed E-state index contributed by atoms with van der Waals surface area (Å²) in [5.74, 6) is 0. The van der Waals surface area contributed by atoms with Gasteiger partial charge in [-0.2, -0.15) is 0 Å². The Morgan fingerprint density at radius 1 is 1.00 bits per heavy atom. The summed E-state index contributed by atoms with van der Waals surface area (Å²) in [6, 6.07) is 2.03. The van der Waals surface area contributed by atoms with Crippen molar-refractivity contribution in [1.82, 2.24) is 15.1 Å². The number of hydrogen-bond donors (Lipinski definition) is 1. The van der Waals surface area contributed by atoms with E-state index in [1.807, 2.05) is 0 Å². The molecule has 0 radical (unpaired) electrons. The molecule has 0 saturated carbocycles. The van der Waals surface area contributed by atoms with Crippen LogP contribution in [0.5, 0.6) is 0 Å². The fourth-order valence-corrected chi connectivity index (χ4v) is 2.75. The van der Waals surface area contributed by atoms with Crippen LogP contribution in [0.1, 0.15) is 41.0 Å². The maximum absolute atomic E-state index is 3.42. The van der Waals surface area contributed by atoms with E-state index < -0.39 is 0 Å². The molecule has 0 bridgehead atoms. The first kappa shape index (κ1) is 14.9. The first-order valence-electron chi connectivity index (χ1n) is 7.23. The van der Waals surface area contributed by atoms with Crippen LogP contribution in [0.3, 0.4) is 0 Å². The lowest BCUT2D eigenvalue weighted by Gasteiger charge is -2.36. The highest BCUT2D eigenvalue weighted by atomic mass is 15.2. The molecular formula is C14H31N3. The van der Waals surface area contributed by atoms with Crippen molar-refractivity contribution < 1.29 is 0 Å². The maximum atomic E-state index is 3.42. The predicted molar refractivity (Wildman–Crippen MR) is 75.5 cm³/mol. The molecule has 1 unspecified atom stereocenters. The van der Waals surface area contributed by atoms with Gasteiger partial charge in [-0.05, 0) is 41.0 Å². The molecule has 102 valence electrons. The van der Waals surface area contributed by atoms with Crippen molar-refractivity contribution in [3.8, 4) is 0 Å². The van der Waals surface area contributed by atoms with E-state index in [4.69, 9.17) is 0 Å². The predicted octanol–water partition coefficient (Wildman–Crippen LogP) is 1.79. The molecule has 0 spiro atoms. The summed E-state index contributed by atoms with van der Waals surface area (Å²) in [4.78, 5) is 5.22. The Bertz CT molecular complexity index is 190. The third-order valence-corrected chi connectivity index (χ3v) is 3.91. The Kier molecular flexibility index (Phi) is 6.45. The number of piperazine rings is 1. The quantitative estimate of drug-likeness (QED) is 0.765. The minimum Gasteiger partial charge on any atom is -0.314 e. The Balaban J connectivity index is 2.32. The Morgan fingerprint density at radius 3 is 2.00 bits per heavy atom. The van der Waals surface area contributed by atoms with Crippen LogP contribution < -0.4 is 5.32 Å². The molecule has 17 heavy (non-hydrogen) atoms. The summed E-state index contributed by atoms with van der Waals surface area (Å²) >= 11 is 0. The first-order chi connectivity index (χ1) is 8.02. The van der Waals surface area contributed by atoms with Crippen LogP contribution in [0.4, 0.5) is 0 Å². The standard InChI is InChI=1S/C14H31N3/c1-12(2)17(13(3)4)9-6-14(5)16-10-7-15-8-11-16/h12-15H,6-11H2,1-5H3. The van der Waals surface area contributed by atoms with E-state index in [-0.39, 0.29) is 0 Å². The summed E-state index contributed by atoms with van der Waals surface area (Å²) in [5, 5.41) is 3.42. The second-order valence-corrected chi connectivity index (χ2v) is 5.85. The van der Waals surface area contributed by atoms with Crippen LogP contribution in [0.2, 0.25) is 0 Å². The third-order valence-electron chi connectivity index (χ3n) is 3.91. The lowest BCUT2D eigenvalue weighted by atomic mass is 10.1. The van der Waals surface area contributed by atoms with Gasteiger partial charge in [0.15, 0.2) is 0 Å². The average molecular weight is 241 g/mol. The highest BCUT2D eigenvalue weighted by Gasteiger charge is 2.19. The minimum atomic E-state index is 0.658. The van der Waals surface area contributed by atoms with E-state index in [0.717, 1.165) is 19.1 Å². The van der Waals surface area contributed by atoms with Gasteiger partial charge in [0.1, 0.15) is 0 Å². The fraction of sp³-hybridized carbons (Fsp3) is 1.00. The number of nitrogens with one attached hydrogen (secondary N) is 1. The molecule has 1 heterocycles. The normalized spacial score (nSPS) is 20.5. The second-order valence-electron chi connectivity index (χ2n) is 5.85. The van der Waals surface area contributed by atoms with Gasteiger partial charge in [-0.15, -0.1) is 0 Å². The molecule has 1 saturated heterocycles. The molecule has 3 heteroatoms. The van der Waals surface area contributed by atoms with Crippen LogP contribution in [-0.4, -0.2) is 60.6 Å². The molecule has 1 aliphatic heterocycles. The Hall–Kier alpha value is -0.120. The molecule has 3 nitrogen and oxygen atoms in total. The molecular weight excluding hydrogens is 210 g/mol. The van der Waals surface area contributed by atoms with Crippen molar-refractivity contribution in [1.29, 1.82) is 0 Å². The Labute approximate surface area is 108 Å². The van der Waals surface area contributed by atoms with E-state index in [0.29, 0.717) is 12.1 Å². The van der Waals surface area contributed by atoms with Gasteiger partial charge in [0.2, 0.25) is 0 Å². The van der Waals surface area contributed by atoms with Gasteiger partial charge in [-0.1, -0.05) is 0 Å². The monoisotopic (exact) mass is 241 g/mol. The fourth-order valence-electron chi connectivity index (χ4n) is 2.75. The van der Waals surface area contributed by atoms with Gasteiger partial charge in [0, 0.05) is 50.8 Å². The van der Waals surface area contributed by atoms with E-state index in [1.54, 1.807) is 0 Å². The zero-order valence-electron chi connectivity index (χ0n) is 12.4. The largest absolute Gasteiger partial charge is 0.314 e. The van der Waals surface area contributed by atoms with Crippen LogP contribution in [0.25, 0.3) is 0 Å². The maximum Gasteiger partial charge on any atom is 0.0110 e. The number of nitrogens with zero attached hydrogens (tertiary/aromatic N) is 2. The highest BCUT2D eigenvalue weighted by molar-refractivity contribution is 4.76. The summed E-state index contributed by atoms with van der Waals surface area (Å²) in [6.07, 6.45) is 1.29. The number of hydrogen-bond acceptors (Lipinski definition) is 3. The van der Waals surface area contributed by atoms with Gasteiger partial charge in [0.25, 0.3) is 0 Å². The van der Waals surface area contributed by atoms with E-state index >= 15 is 0 Å². The third kappa shape index (κ3) is 4.94. The van der Waals surface area contributed by atoms with Crippen LogP contribution in [0, 0.1) is 0 Å². The molecule has 0 aromatic heterocycles. The summed E-state index contributed by atoms with van der Waals surface area (Å²) in [5.41, 5.74) is 0. The Morgan fingerprint density at radius 2 is 1.53 bits per heavy atom. The zero-order chi connectivity index (χ0) is 12.8. The molecule has 1 atom stereocenters. The van der Waals surface area contributed by atoms with Gasteiger partial charge >= 0.3 is 0 Å². The molecule has 1 aliphatic rings. The van der Waals surface area contributed by atoms with Crippen molar-refractivity contribution >= 4 is 0 Å². The summed E-state index contributed by atoms with van der Waals surface area (Å²) < 4.78 is 0. The zero-order valence-corrected chi connectivity index (χ0v) is 12.4. The average Bonchev–Trinajstić information content (AvgIpc) is 2.29. The molecule has 0 aromatic rings. The van der Waals surface area contributed by atoms with Crippen LogP contribution in [-0.2, 0) is 0 Å². The van der Waals surface area contributed by atoms with Gasteiger partial charge < -0.3 is 5.32 Å².